The third-order valence-electron chi connectivity index (χ3n) is 17.3. The molecule has 0 aliphatic rings. The fraction of sp³-hybridized carbons (Fsp3) is 0. The minimum atomic E-state index is -1.49. The fourth-order valence-corrected chi connectivity index (χ4v) is 12.9. The van der Waals surface area contributed by atoms with Gasteiger partial charge in [-0.15, -0.1) is 0 Å². The van der Waals surface area contributed by atoms with Crippen molar-refractivity contribution in [2.75, 3.05) is 0 Å². The molecule has 13 aromatic carbocycles. The Morgan fingerprint density at radius 1 is 0.291 bits per heavy atom. The number of hydrogen-bond acceptors (Lipinski definition) is 10. The van der Waals surface area contributed by atoms with Gasteiger partial charge in [-0.3, -0.25) is 0 Å². The van der Waals surface area contributed by atoms with Gasteiger partial charge in [-0.05, 0) is 92.9 Å². The van der Waals surface area contributed by atoms with Gasteiger partial charge in [-0.25, -0.2) is 44.4 Å². The molecular weight excluding hydrogens is 1320 g/mol. The molecule has 0 atom stereocenters. The predicted octanol–water partition coefficient (Wildman–Crippen LogP) is 22.5. The van der Waals surface area contributed by atoms with Crippen LogP contribution in [0, 0.1) is 19.7 Å². The highest BCUT2D eigenvalue weighted by atomic mass is 35.5. The average Bonchev–Trinajstić information content (AvgIpc) is 1.62. The molecule has 17 rings (SSSR count). The molecule has 4 heterocycles. The SMILES string of the molecule is Clc1cc(Cl)c2oc3cccc(-c4ccc(-c5nc(-c6ccccc6)nc(-c6ccccc6)n5)cc4)c3c2c1.[C-]#[N+]c1cccc(-c2cc(-c3cccc([N+]#[C-])c3)c3oc4cccc(-c5ccc(-c6nc(-c7ccccc7)nc(-c7ccccc7)n6)cc5)c4c3c2)c1.[C-]#[N+]c1cccc(B(O)O)c1. The van der Waals surface area contributed by atoms with Gasteiger partial charge in [0.2, 0.25) is 0 Å². The Hall–Kier alpha value is -13.5. The molecule has 0 spiro atoms. The van der Waals surface area contributed by atoms with Gasteiger partial charge in [0, 0.05) is 65.5 Å². The van der Waals surface area contributed by atoms with E-state index in [1.54, 1.807) is 30.3 Å². The molecule has 0 fully saturated rings. The molecule has 0 aliphatic heterocycles. The van der Waals surface area contributed by atoms with Crippen LogP contribution in [0.15, 0.2) is 312 Å². The number of furan rings is 2. The van der Waals surface area contributed by atoms with E-state index in [4.69, 9.17) is 91.7 Å². The number of aromatic nitrogens is 6. The number of rotatable bonds is 11. The van der Waals surface area contributed by atoms with E-state index in [0.29, 0.717) is 73.1 Å². The normalized spacial score (nSPS) is 10.9. The molecule has 0 aliphatic carbocycles. The maximum Gasteiger partial charge on any atom is 0.487 e. The Labute approximate surface area is 602 Å². The first-order valence-electron chi connectivity index (χ1n) is 32.6. The van der Waals surface area contributed by atoms with E-state index >= 15 is 0 Å². The Morgan fingerprint density at radius 2 is 0.641 bits per heavy atom. The Bertz CT molecular complexity index is 6050. The van der Waals surface area contributed by atoms with Gasteiger partial charge >= 0.3 is 7.12 Å². The number of benzene rings is 13. The summed E-state index contributed by atoms with van der Waals surface area (Å²) in [6, 6.07) is 97.8. The van der Waals surface area contributed by atoms with Gasteiger partial charge in [-0.2, -0.15) is 0 Å². The van der Waals surface area contributed by atoms with Crippen molar-refractivity contribution in [3.63, 3.8) is 0 Å². The second kappa shape index (κ2) is 29.1. The van der Waals surface area contributed by atoms with Gasteiger partial charge in [0.25, 0.3) is 0 Å². The van der Waals surface area contributed by atoms with Crippen LogP contribution >= 0.6 is 23.2 Å². The summed E-state index contributed by atoms with van der Waals surface area (Å²) in [5.74, 6) is 3.69. The van der Waals surface area contributed by atoms with E-state index in [-0.39, 0.29) is 0 Å². The van der Waals surface area contributed by atoms with E-state index in [1.165, 1.54) is 6.07 Å². The van der Waals surface area contributed by atoms with Crippen molar-refractivity contribution in [3.05, 3.63) is 348 Å². The number of hydrogen-bond donors (Lipinski definition) is 2. The summed E-state index contributed by atoms with van der Waals surface area (Å²) in [6.45, 7) is 21.9. The highest BCUT2D eigenvalue weighted by Gasteiger charge is 2.22. The highest BCUT2D eigenvalue weighted by Crippen LogP contribution is 2.45. The zero-order chi connectivity index (χ0) is 70.3. The summed E-state index contributed by atoms with van der Waals surface area (Å²) in [7, 11) is -1.49. The molecule has 0 radical (unpaired) electrons. The summed E-state index contributed by atoms with van der Waals surface area (Å²) in [6.07, 6.45) is 0. The van der Waals surface area contributed by atoms with Gasteiger partial charge in [0.05, 0.1) is 24.7 Å². The molecule has 486 valence electrons. The number of halogens is 2. The maximum atomic E-state index is 8.70. The largest absolute Gasteiger partial charge is 0.487 e. The van der Waals surface area contributed by atoms with Crippen molar-refractivity contribution in [2.45, 2.75) is 0 Å². The lowest BCUT2D eigenvalue weighted by atomic mass is 9.80. The van der Waals surface area contributed by atoms with E-state index in [1.807, 2.05) is 206 Å². The standard InChI is InChI=1S/C47H27N5O.C33H19Cl2N3O.C7H6BNO2/c1-48-37-18-9-16-34(26-37)36-28-40(35-17-10-19-38(27-35)49-2)44-41(29-36)43-39(20-11-21-42(43)53-44)30-22-24-33(25-23-30)47-51-45(31-12-5-3-6-13-31)50-46(52-47)32-14-7-4-8-15-32;34-24-18-26-29-25(12-7-13-28(29)39-30(26)27(35)19-24)20-14-16-23(17-15-20)33-37-31(21-8-3-1-4-9-21)36-32(38-33)22-10-5-2-6-11-22;1-9-7-4-2-3-6(5-7)8(10)11/h3-29H;1-19H;2-5,10-11H. The monoisotopic (exact) mass is 1370 g/mol. The lowest BCUT2D eigenvalue weighted by Crippen LogP contribution is -2.29. The zero-order valence-electron chi connectivity index (χ0n) is 54.4. The van der Waals surface area contributed by atoms with Crippen LogP contribution in [0.5, 0.6) is 0 Å². The third-order valence-corrected chi connectivity index (χ3v) is 17.8. The second-order valence-corrected chi connectivity index (χ2v) is 24.7. The molecule has 0 saturated carbocycles. The minimum Gasteiger partial charge on any atom is -0.455 e. The first-order valence-corrected chi connectivity index (χ1v) is 33.3. The lowest BCUT2D eigenvalue weighted by Gasteiger charge is -2.10. The molecule has 0 unspecified atom stereocenters. The van der Waals surface area contributed by atoms with E-state index in [9.17, 15) is 0 Å². The smallest absolute Gasteiger partial charge is 0.455 e. The van der Waals surface area contributed by atoms with Crippen molar-refractivity contribution in [1.82, 2.24) is 29.9 Å². The quantitative estimate of drug-likeness (QED) is 0.0943. The Kier molecular flexibility index (Phi) is 18.5. The van der Waals surface area contributed by atoms with Crippen molar-refractivity contribution in [2.24, 2.45) is 0 Å². The molecule has 0 bridgehead atoms. The number of nitrogens with zero attached hydrogens (tertiary/aromatic N) is 9. The van der Waals surface area contributed by atoms with Crippen LogP contribution in [0.3, 0.4) is 0 Å². The lowest BCUT2D eigenvalue weighted by molar-refractivity contribution is 0.426. The van der Waals surface area contributed by atoms with Gasteiger partial charge in [0.1, 0.15) is 16.7 Å². The molecule has 0 saturated heterocycles. The Morgan fingerprint density at radius 3 is 1.07 bits per heavy atom. The first-order chi connectivity index (χ1) is 50.5. The van der Waals surface area contributed by atoms with Crippen LogP contribution in [0.25, 0.3) is 171 Å². The molecule has 13 nitrogen and oxygen atoms in total. The molecule has 17 aromatic rings. The van der Waals surface area contributed by atoms with Gasteiger partial charge in [0.15, 0.2) is 57.6 Å². The van der Waals surface area contributed by atoms with Crippen molar-refractivity contribution >= 4 is 96.7 Å². The summed E-state index contributed by atoms with van der Waals surface area (Å²) in [5.41, 5.74) is 18.0. The average molecular weight is 1370 g/mol. The third kappa shape index (κ3) is 13.9. The number of fused-ring (bicyclic) bond motifs is 6. The maximum absolute atomic E-state index is 8.70. The highest BCUT2D eigenvalue weighted by molar-refractivity contribution is 6.58. The van der Waals surface area contributed by atoms with Crippen LogP contribution in [-0.4, -0.2) is 47.1 Å². The molecule has 0 amide bonds. The van der Waals surface area contributed by atoms with Crippen LogP contribution in [-0.2, 0) is 0 Å². The molecule has 16 heteroatoms. The minimum absolute atomic E-state index is 0.346. The fourth-order valence-electron chi connectivity index (χ4n) is 12.4. The van der Waals surface area contributed by atoms with Crippen molar-refractivity contribution < 1.29 is 18.9 Å². The summed E-state index contributed by atoms with van der Waals surface area (Å²) >= 11 is 12.8. The van der Waals surface area contributed by atoms with Crippen LogP contribution in [0.1, 0.15) is 0 Å². The van der Waals surface area contributed by atoms with E-state index in [2.05, 4.69) is 75.2 Å². The van der Waals surface area contributed by atoms with Crippen LogP contribution in [0.2, 0.25) is 10.0 Å². The van der Waals surface area contributed by atoms with E-state index in [0.717, 1.165) is 116 Å². The van der Waals surface area contributed by atoms with Gasteiger partial charge in [-0.1, -0.05) is 278 Å². The zero-order valence-corrected chi connectivity index (χ0v) is 55.9. The summed E-state index contributed by atoms with van der Waals surface area (Å²) in [4.78, 5) is 39.6. The van der Waals surface area contributed by atoms with Crippen LogP contribution < -0.4 is 5.46 Å². The molecule has 103 heavy (non-hydrogen) atoms. The Balaban J connectivity index is 0.000000149. The topological polar surface area (TPSA) is 157 Å². The summed E-state index contributed by atoms with van der Waals surface area (Å²) in [5, 5.41) is 22.3. The first kappa shape index (κ1) is 65.5. The van der Waals surface area contributed by atoms with Gasteiger partial charge < -0.3 is 18.9 Å². The summed E-state index contributed by atoms with van der Waals surface area (Å²) < 4.78 is 12.7. The molecule has 4 aromatic heterocycles. The van der Waals surface area contributed by atoms with Crippen molar-refractivity contribution in [1.29, 1.82) is 0 Å². The van der Waals surface area contributed by atoms with E-state index < -0.39 is 7.12 Å². The predicted molar refractivity (Wildman–Crippen MR) is 414 cm³/mol. The second-order valence-electron chi connectivity index (χ2n) is 23.9. The molecule has 2 N–H and O–H groups in total. The van der Waals surface area contributed by atoms with Crippen LogP contribution in [0.4, 0.5) is 17.1 Å². The van der Waals surface area contributed by atoms with Crippen molar-refractivity contribution in [3.8, 4) is 113 Å². The molecular formula is C87H52BCl2N9O4.